The Kier molecular flexibility index (Phi) is 3.09. The summed E-state index contributed by atoms with van der Waals surface area (Å²) in [6, 6.07) is 3.98. The molecule has 2 unspecified atom stereocenters. The molecule has 3 rings (SSSR count). The van der Waals surface area contributed by atoms with Gasteiger partial charge in [0.15, 0.2) is 11.6 Å². The number of hydrogen-bond acceptors (Lipinski definition) is 3. The summed E-state index contributed by atoms with van der Waals surface area (Å²) in [5.74, 6) is 3.64. The lowest BCUT2D eigenvalue weighted by Crippen LogP contribution is -1.98. The van der Waals surface area contributed by atoms with Crippen LogP contribution >= 0.6 is 11.6 Å². The predicted octanol–water partition coefficient (Wildman–Crippen LogP) is 4.38. The van der Waals surface area contributed by atoms with Crippen molar-refractivity contribution in [2.75, 3.05) is 0 Å². The van der Waals surface area contributed by atoms with Gasteiger partial charge in [0.05, 0.1) is 0 Å². The molecule has 4 heteroatoms. The topological polar surface area (TPSA) is 38.9 Å². The van der Waals surface area contributed by atoms with E-state index in [0.717, 1.165) is 29.4 Å². The molecular weight excluding hydrogens is 260 g/mol. The van der Waals surface area contributed by atoms with Gasteiger partial charge in [-0.15, -0.1) is 0 Å². The largest absolute Gasteiger partial charge is 0.457 e. The first-order valence-corrected chi connectivity index (χ1v) is 7.11. The first kappa shape index (κ1) is 12.7. The third-order valence-electron chi connectivity index (χ3n) is 3.84. The Labute approximate surface area is 118 Å². The van der Waals surface area contributed by atoms with Crippen molar-refractivity contribution in [2.24, 2.45) is 5.92 Å². The second-order valence-electron chi connectivity index (χ2n) is 5.28. The van der Waals surface area contributed by atoms with Crippen LogP contribution in [0.4, 0.5) is 0 Å². The standard InChI is InChI=1S/C15H17ClN2O/c1-4-11-9(3)14(16)18-15(17-11)13-6-5-12(19-13)10-7-8(10)2/h5-6,8,10H,4,7H2,1-3H3. The van der Waals surface area contributed by atoms with Crippen LogP contribution in [-0.4, -0.2) is 9.97 Å². The first-order valence-electron chi connectivity index (χ1n) is 6.73. The Morgan fingerprint density at radius 1 is 1.37 bits per heavy atom. The maximum atomic E-state index is 6.16. The number of furan rings is 1. The molecule has 2 atom stereocenters. The lowest BCUT2D eigenvalue weighted by molar-refractivity contribution is 0.514. The minimum absolute atomic E-state index is 0.514. The highest BCUT2D eigenvalue weighted by Gasteiger charge is 2.36. The fourth-order valence-corrected chi connectivity index (χ4v) is 2.57. The molecule has 0 N–H and O–H groups in total. The average molecular weight is 277 g/mol. The molecule has 0 saturated heterocycles. The van der Waals surface area contributed by atoms with Crippen LogP contribution in [0.2, 0.25) is 5.15 Å². The van der Waals surface area contributed by atoms with Crippen LogP contribution in [0, 0.1) is 12.8 Å². The van der Waals surface area contributed by atoms with Crippen molar-refractivity contribution in [1.29, 1.82) is 0 Å². The number of nitrogens with zero attached hydrogens (tertiary/aromatic N) is 2. The zero-order valence-corrected chi connectivity index (χ0v) is 12.2. The molecule has 0 radical (unpaired) electrons. The third kappa shape index (κ3) is 2.27. The van der Waals surface area contributed by atoms with Gasteiger partial charge in [-0.25, -0.2) is 9.97 Å². The van der Waals surface area contributed by atoms with Gasteiger partial charge in [-0.1, -0.05) is 25.4 Å². The highest BCUT2D eigenvalue weighted by molar-refractivity contribution is 6.30. The van der Waals surface area contributed by atoms with Gasteiger partial charge in [0.2, 0.25) is 0 Å². The molecule has 100 valence electrons. The van der Waals surface area contributed by atoms with E-state index in [1.165, 1.54) is 6.42 Å². The van der Waals surface area contributed by atoms with Crippen molar-refractivity contribution in [2.45, 2.75) is 39.5 Å². The third-order valence-corrected chi connectivity index (χ3v) is 4.21. The molecule has 0 bridgehead atoms. The number of rotatable bonds is 3. The summed E-state index contributed by atoms with van der Waals surface area (Å²) >= 11 is 6.16. The zero-order valence-electron chi connectivity index (χ0n) is 11.4. The summed E-state index contributed by atoms with van der Waals surface area (Å²) in [7, 11) is 0. The van der Waals surface area contributed by atoms with Crippen LogP contribution in [0.25, 0.3) is 11.6 Å². The predicted molar refractivity (Wildman–Crippen MR) is 75.4 cm³/mol. The van der Waals surface area contributed by atoms with E-state index in [4.69, 9.17) is 16.0 Å². The second-order valence-corrected chi connectivity index (χ2v) is 5.64. The average Bonchev–Trinajstić information content (AvgIpc) is 2.93. The molecule has 0 amide bonds. The monoisotopic (exact) mass is 276 g/mol. The van der Waals surface area contributed by atoms with Gasteiger partial charge in [0.1, 0.15) is 10.9 Å². The summed E-state index contributed by atoms with van der Waals surface area (Å²) in [4.78, 5) is 8.87. The van der Waals surface area contributed by atoms with Gasteiger partial charge in [0.25, 0.3) is 0 Å². The molecule has 19 heavy (non-hydrogen) atoms. The molecule has 2 aromatic rings. The van der Waals surface area contributed by atoms with Crippen LogP contribution in [0.1, 0.15) is 43.2 Å². The highest BCUT2D eigenvalue weighted by atomic mass is 35.5. The Morgan fingerprint density at radius 2 is 2.11 bits per heavy atom. The fraction of sp³-hybridized carbons (Fsp3) is 0.467. The molecule has 0 aliphatic heterocycles. The van der Waals surface area contributed by atoms with E-state index in [1.807, 2.05) is 19.1 Å². The van der Waals surface area contributed by atoms with Crippen molar-refractivity contribution in [3.63, 3.8) is 0 Å². The Balaban J connectivity index is 1.97. The van der Waals surface area contributed by atoms with E-state index >= 15 is 0 Å². The number of halogens is 1. The number of aromatic nitrogens is 2. The fourth-order valence-electron chi connectivity index (χ4n) is 2.38. The number of hydrogen-bond donors (Lipinski definition) is 0. The van der Waals surface area contributed by atoms with Gasteiger partial charge in [-0.2, -0.15) is 0 Å². The van der Waals surface area contributed by atoms with Crippen LogP contribution in [0.5, 0.6) is 0 Å². The zero-order chi connectivity index (χ0) is 13.6. The van der Waals surface area contributed by atoms with Gasteiger partial charge in [0, 0.05) is 17.2 Å². The van der Waals surface area contributed by atoms with Gasteiger partial charge in [-0.05, 0) is 37.8 Å². The van der Waals surface area contributed by atoms with Crippen LogP contribution < -0.4 is 0 Å². The van der Waals surface area contributed by atoms with Crippen molar-refractivity contribution in [1.82, 2.24) is 9.97 Å². The second kappa shape index (κ2) is 4.64. The smallest absolute Gasteiger partial charge is 0.197 e. The minimum Gasteiger partial charge on any atom is -0.457 e. The maximum absolute atomic E-state index is 6.16. The highest BCUT2D eigenvalue weighted by Crippen LogP contribution is 2.47. The van der Waals surface area contributed by atoms with Crippen molar-refractivity contribution < 1.29 is 4.42 Å². The van der Waals surface area contributed by atoms with E-state index in [-0.39, 0.29) is 0 Å². The number of aryl methyl sites for hydroxylation is 1. The van der Waals surface area contributed by atoms with Crippen LogP contribution in [0.15, 0.2) is 16.5 Å². The molecule has 1 fully saturated rings. The Morgan fingerprint density at radius 3 is 2.74 bits per heavy atom. The van der Waals surface area contributed by atoms with Gasteiger partial charge in [-0.3, -0.25) is 0 Å². The molecule has 3 nitrogen and oxygen atoms in total. The van der Waals surface area contributed by atoms with Crippen LogP contribution in [-0.2, 0) is 6.42 Å². The molecule has 1 aliphatic rings. The molecular formula is C15H17ClN2O. The molecule has 0 spiro atoms. The lowest BCUT2D eigenvalue weighted by Gasteiger charge is -2.05. The van der Waals surface area contributed by atoms with Crippen LogP contribution in [0.3, 0.4) is 0 Å². The summed E-state index contributed by atoms with van der Waals surface area (Å²) in [5, 5.41) is 0.514. The molecule has 1 saturated carbocycles. The molecule has 1 aliphatic carbocycles. The van der Waals surface area contributed by atoms with Crippen molar-refractivity contribution in [3.8, 4) is 11.6 Å². The summed E-state index contributed by atoms with van der Waals surface area (Å²) in [6.07, 6.45) is 2.05. The molecule has 0 aromatic carbocycles. The van der Waals surface area contributed by atoms with E-state index < -0.39 is 0 Å². The minimum atomic E-state index is 0.514. The Hall–Kier alpha value is -1.35. The summed E-state index contributed by atoms with van der Waals surface area (Å²) in [6.45, 7) is 6.25. The van der Waals surface area contributed by atoms with Gasteiger partial charge >= 0.3 is 0 Å². The van der Waals surface area contributed by atoms with Crippen molar-refractivity contribution >= 4 is 11.6 Å². The van der Waals surface area contributed by atoms with E-state index in [1.54, 1.807) is 0 Å². The van der Waals surface area contributed by atoms with Crippen molar-refractivity contribution in [3.05, 3.63) is 34.3 Å². The first-order chi connectivity index (χ1) is 9.10. The lowest BCUT2D eigenvalue weighted by atomic mass is 10.2. The maximum Gasteiger partial charge on any atom is 0.197 e. The van der Waals surface area contributed by atoms with E-state index in [2.05, 4.69) is 23.8 Å². The van der Waals surface area contributed by atoms with Gasteiger partial charge < -0.3 is 4.42 Å². The van der Waals surface area contributed by atoms with E-state index in [0.29, 0.717) is 22.7 Å². The molecule has 2 heterocycles. The SMILES string of the molecule is CCc1nc(-c2ccc(C3CC3C)o2)nc(Cl)c1C. The normalized spacial score (nSPS) is 21.7. The molecule has 2 aromatic heterocycles. The van der Waals surface area contributed by atoms with E-state index in [9.17, 15) is 0 Å². The quantitative estimate of drug-likeness (QED) is 0.781. The summed E-state index contributed by atoms with van der Waals surface area (Å²) < 4.78 is 5.87. The summed E-state index contributed by atoms with van der Waals surface area (Å²) in [5.41, 5.74) is 1.93. The Bertz CT molecular complexity index is 621.